The van der Waals surface area contributed by atoms with Gasteiger partial charge in [0.25, 0.3) is 5.91 Å². The van der Waals surface area contributed by atoms with Gasteiger partial charge in [0.2, 0.25) is 47.3 Å². The summed E-state index contributed by atoms with van der Waals surface area (Å²) in [7, 11) is 0. The Kier molecular flexibility index (Phi) is 18.0. The maximum absolute atomic E-state index is 15.2. The molecule has 2 aromatic carbocycles. The standard InChI is InChI=1S/C52H73N9O10/c1-8-33(7)44-47(66)55-38(27-31(3)4)49(68)59-25-15-21-39(59)46(65)56-43(32(5)6)51(70)60-26-16-22-40(60)50(69)58(28-34-17-11-10-12-18-34)30-52(71)36-20-14-13-19-35(36)48(67)61(52)29-42(63)54-37(45(64)57-44)23-24-41(62)53-9-2/h10-14,17-20,31-33,37-40,43-44,71H,8-9,15-16,21-30H2,1-7H3,(H,53,62)(H,54,63)(H,55,66)(H,56,65)(H,57,64)/t33-,37-,38-,39+,40+,43-,44-,52-/m0/s1. The Hall–Kier alpha value is -6.37. The fraction of sp³-hybridized carbons (Fsp3) is 0.596. The van der Waals surface area contributed by atoms with Gasteiger partial charge in [-0.05, 0) is 74.8 Å². The lowest BCUT2D eigenvalue weighted by Gasteiger charge is -2.40. The Morgan fingerprint density at radius 3 is 2.01 bits per heavy atom. The number of aliphatic hydroxyl groups is 1. The third-order valence-electron chi connectivity index (χ3n) is 14.2. The lowest BCUT2D eigenvalue weighted by atomic mass is 9.96. The fourth-order valence-corrected chi connectivity index (χ4v) is 10.2. The lowest BCUT2D eigenvalue weighted by Crippen LogP contribution is -2.62. The van der Waals surface area contributed by atoms with Crippen molar-refractivity contribution < 1.29 is 48.3 Å². The smallest absolute Gasteiger partial charge is 0.257 e. The van der Waals surface area contributed by atoms with Gasteiger partial charge in [-0.2, -0.15) is 0 Å². The van der Waals surface area contributed by atoms with Crippen LogP contribution in [0.15, 0.2) is 54.6 Å². The molecule has 0 bridgehead atoms. The van der Waals surface area contributed by atoms with Crippen molar-refractivity contribution in [3.63, 3.8) is 0 Å². The van der Waals surface area contributed by atoms with Gasteiger partial charge in [-0.25, -0.2) is 0 Å². The highest BCUT2D eigenvalue weighted by atomic mass is 16.3. The zero-order valence-electron chi connectivity index (χ0n) is 42.2. The van der Waals surface area contributed by atoms with Gasteiger partial charge in [0.1, 0.15) is 42.8 Å². The average molecular weight is 984 g/mol. The molecular formula is C52H73N9O10. The number of hydrogen-bond acceptors (Lipinski definition) is 10. The van der Waals surface area contributed by atoms with Gasteiger partial charge in [-0.3, -0.25) is 48.1 Å². The Balaban J connectivity index is 1.45. The molecule has 6 rings (SSSR count). The highest BCUT2D eigenvalue weighted by Gasteiger charge is 2.52. The second-order valence-corrected chi connectivity index (χ2v) is 20.2. The summed E-state index contributed by atoms with van der Waals surface area (Å²) in [4.78, 5) is 135. The minimum Gasteiger partial charge on any atom is -0.365 e. The Morgan fingerprint density at radius 1 is 0.732 bits per heavy atom. The molecule has 6 N–H and O–H groups in total. The van der Waals surface area contributed by atoms with Crippen LogP contribution in [0.1, 0.15) is 121 Å². The summed E-state index contributed by atoms with van der Waals surface area (Å²) in [5, 5.41) is 27.0. The van der Waals surface area contributed by atoms with E-state index in [2.05, 4.69) is 26.6 Å². The molecule has 4 aliphatic heterocycles. The predicted molar refractivity (Wildman–Crippen MR) is 262 cm³/mol. The largest absolute Gasteiger partial charge is 0.365 e. The van der Waals surface area contributed by atoms with E-state index in [1.165, 1.54) is 20.8 Å². The van der Waals surface area contributed by atoms with Gasteiger partial charge in [-0.1, -0.05) is 96.5 Å². The molecule has 0 saturated carbocycles. The number of carbonyl (C=O) groups is 9. The molecule has 386 valence electrons. The number of hydrogen-bond donors (Lipinski definition) is 6. The van der Waals surface area contributed by atoms with Crippen molar-refractivity contribution in [3.05, 3.63) is 71.3 Å². The van der Waals surface area contributed by atoms with Crippen LogP contribution in [0.4, 0.5) is 0 Å². The SMILES string of the molecule is CCNC(=O)CC[C@@H]1NC(=O)CN2C(=O)c3ccccc3[C@@]2(O)CN(Cc2ccccc2)C(=O)[C@H]2CCCN2C(=O)[C@H](C(C)C)NC(=O)[C@H]2CCCN2C(=O)[C@H](CC(C)C)NC(=O)[C@H]([C@@H](C)CC)NC1=O. The number of nitrogens with one attached hydrogen (secondary N) is 5. The number of amides is 9. The second kappa shape index (κ2) is 23.7. The summed E-state index contributed by atoms with van der Waals surface area (Å²) in [6, 6.07) is 8.45. The Labute approximate surface area is 416 Å². The maximum Gasteiger partial charge on any atom is 0.257 e. The van der Waals surface area contributed by atoms with Gasteiger partial charge >= 0.3 is 0 Å². The van der Waals surface area contributed by atoms with Gasteiger partial charge in [0.05, 0.1) is 6.54 Å². The highest BCUT2D eigenvalue weighted by molar-refractivity contribution is 6.03. The predicted octanol–water partition coefficient (Wildman–Crippen LogP) is 1.92. The zero-order valence-corrected chi connectivity index (χ0v) is 42.2. The Morgan fingerprint density at radius 2 is 1.37 bits per heavy atom. The van der Waals surface area contributed by atoms with Crippen molar-refractivity contribution in [2.24, 2.45) is 17.8 Å². The van der Waals surface area contributed by atoms with Crippen molar-refractivity contribution >= 4 is 53.2 Å². The molecule has 0 spiro atoms. The third-order valence-corrected chi connectivity index (χ3v) is 14.2. The fourth-order valence-electron chi connectivity index (χ4n) is 10.2. The second-order valence-electron chi connectivity index (χ2n) is 20.2. The first-order valence-corrected chi connectivity index (χ1v) is 25.3. The summed E-state index contributed by atoms with van der Waals surface area (Å²) in [5.74, 6) is -6.54. The molecule has 3 saturated heterocycles. The van der Waals surface area contributed by atoms with Crippen LogP contribution < -0.4 is 26.6 Å². The Bertz CT molecular complexity index is 2310. The van der Waals surface area contributed by atoms with Crippen LogP contribution in [0.2, 0.25) is 0 Å². The number of nitrogens with zero attached hydrogens (tertiary/aromatic N) is 4. The van der Waals surface area contributed by atoms with Crippen molar-refractivity contribution in [2.75, 3.05) is 32.7 Å². The van der Waals surface area contributed by atoms with Crippen LogP contribution in [0.5, 0.6) is 0 Å². The van der Waals surface area contributed by atoms with Gasteiger partial charge < -0.3 is 46.4 Å². The van der Waals surface area contributed by atoms with Gasteiger partial charge in [0.15, 0.2) is 5.72 Å². The van der Waals surface area contributed by atoms with Crippen LogP contribution in [0, 0.1) is 17.8 Å². The number of β-amino-alcohol motifs (C(OH)–C–C–N with tert-alkyl or cyclic N) is 1. The van der Waals surface area contributed by atoms with E-state index < -0.39 is 120 Å². The van der Waals surface area contributed by atoms with E-state index in [0.29, 0.717) is 37.8 Å². The van der Waals surface area contributed by atoms with Gasteiger partial charge in [0, 0.05) is 43.7 Å². The summed E-state index contributed by atoms with van der Waals surface area (Å²) < 4.78 is 0. The molecular weight excluding hydrogens is 911 g/mol. The molecule has 0 radical (unpaired) electrons. The van der Waals surface area contributed by atoms with E-state index in [9.17, 15) is 43.5 Å². The van der Waals surface area contributed by atoms with Crippen LogP contribution >= 0.6 is 0 Å². The normalized spacial score (nSPS) is 26.8. The maximum atomic E-state index is 15.2. The monoisotopic (exact) mass is 984 g/mol. The van der Waals surface area contributed by atoms with Crippen molar-refractivity contribution in [2.45, 2.75) is 148 Å². The number of benzene rings is 2. The number of carbonyl (C=O) groups excluding carboxylic acids is 9. The number of fused-ring (bicyclic) bond motifs is 5. The first-order chi connectivity index (χ1) is 33.8. The summed E-state index contributed by atoms with van der Waals surface area (Å²) in [6.45, 7) is 12.0. The minimum atomic E-state index is -2.30. The van der Waals surface area contributed by atoms with E-state index in [4.69, 9.17) is 0 Å². The molecule has 3 fully saturated rings. The summed E-state index contributed by atoms with van der Waals surface area (Å²) >= 11 is 0. The number of rotatable bonds is 11. The molecule has 19 heteroatoms. The average Bonchev–Trinajstić information content (AvgIpc) is 4.09. The van der Waals surface area contributed by atoms with E-state index in [0.717, 1.165) is 4.90 Å². The first kappa shape index (κ1) is 54.0. The van der Waals surface area contributed by atoms with Crippen molar-refractivity contribution in [1.82, 2.24) is 46.2 Å². The molecule has 0 aromatic heterocycles. The molecule has 0 unspecified atom stereocenters. The third kappa shape index (κ3) is 12.4. The minimum absolute atomic E-state index is 0.0579. The zero-order chi connectivity index (χ0) is 51.7. The molecule has 4 heterocycles. The highest BCUT2D eigenvalue weighted by Crippen LogP contribution is 2.39. The molecule has 19 nitrogen and oxygen atoms in total. The van der Waals surface area contributed by atoms with E-state index in [-0.39, 0.29) is 62.4 Å². The molecule has 4 aliphatic rings. The van der Waals surface area contributed by atoms with Crippen LogP contribution in [0.3, 0.4) is 0 Å². The lowest BCUT2D eigenvalue weighted by molar-refractivity contribution is -0.155. The first-order valence-electron chi connectivity index (χ1n) is 25.3. The van der Waals surface area contributed by atoms with Crippen LogP contribution in [0.25, 0.3) is 0 Å². The summed E-state index contributed by atoms with van der Waals surface area (Å²) in [5.41, 5.74) is -1.40. The van der Waals surface area contributed by atoms with E-state index >= 15 is 4.79 Å². The topological polar surface area (TPSA) is 247 Å². The quantitative estimate of drug-likeness (QED) is 0.191. The van der Waals surface area contributed by atoms with E-state index in [1.54, 1.807) is 70.2 Å². The molecule has 71 heavy (non-hydrogen) atoms. The van der Waals surface area contributed by atoms with Gasteiger partial charge in [-0.15, -0.1) is 0 Å². The summed E-state index contributed by atoms with van der Waals surface area (Å²) in [6.07, 6.45) is 1.72. The van der Waals surface area contributed by atoms with Crippen molar-refractivity contribution in [3.8, 4) is 0 Å². The van der Waals surface area contributed by atoms with Crippen LogP contribution in [-0.4, -0.2) is 147 Å². The van der Waals surface area contributed by atoms with Crippen LogP contribution in [-0.2, 0) is 50.6 Å². The molecule has 0 aliphatic carbocycles. The molecule has 8 atom stereocenters. The molecule has 2 aromatic rings. The van der Waals surface area contributed by atoms with Crippen molar-refractivity contribution in [1.29, 1.82) is 0 Å². The van der Waals surface area contributed by atoms with E-state index in [1.807, 2.05) is 26.8 Å². The molecule has 9 amide bonds.